The van der Waals surface area contributed by atoms with E-state index in [0.29, 0.717) is 21.7 Å². The van der Waals surface area contributed by atoms with Crippen molar-refractivity contribution >= 4 is 34.2 Å². The lowest BCUT2D eigenvalue weighted by Crippen LogP contribution is -2.20. The summed E-state index contributed by atoms with van der Waals surface area (Å²) in [4.78, 5) is 24.1. The Bertz CT molecular complexity index is 886. The summed E-state index contributed by atoms with van der Waals surface area (Å²) < 4.78 is 5.13. The second kappa shape index (κ2) is 5.42. The molecule has 21 heavy (non-hydrogen) atoms. The highest BCUT2D eigenvalue weighted by atomic mass is 35.5. The van der Waals surface area contributed by atoms with Crippen molar-refractivity contribution in [3.05, 3.63) is 75.6 Å². The van der Waals surface area contributed by atoms with Crippen LogP contribution in [-0.2, 0) is 0 Å². The lowest BCUT2D eigenvalue weighted by atomic mass is 10.1. The van der Waals surface area contributed by atoms with E-state index < -0.39 is 11.5 Å². The van der Waals surface area contributed by atoms with Gasteiger partial charge >= 0.3 is 5.63 Å². The number of nitrogens with one attached hydrogen (secondary N) is 1. The summed E-state index contributed by atoms with van der Waals surface area (Å²) in [5.74, 6) is -0.531. The monoisotopic (exact) mass is 299 g/mol. The molecule has 2 aromatic carbocycles. The van der Waals surface area contributed by atoms with Crippen LogP contribution >= 0.6 is 11.6 Å². The van der Waals surface area contributed by atoms with Crippen LogP contribution in [0.25, 0.3) is 11.0 Å². The van der Waals surface area contributed by atoms with Gasteiger partial charge in [0.25, 0.3) is 5.91 Å². The number of hydrogen-bond donors (Lipinski definition) is 1. The zero-order chi connectivity index (χ0) is 14.8. The summed E-state index contributed by atoms with van der Waals surface area (Å²) in [5.41, 5.74) is 0.240. The zero-order valence-corrected chi connectivity index (χ0v) is 11.6. The van der Waals surface area contributed by atoms with Crippen molar-refractivity contribution in [2.45, 2.75) is 0 Å². The fraction of sp³-hybridized carbons (Fsp3) is 0. The number of benzene rings is 2. The van der Waals surface area contributed by atoms with Crippen molar-refractivity contribution in [1.29, 1.82) is 0 Å². The molecule has 3 rings (SSSR count). The molecule has 1 aromatic heterocycles. The van der Waals surface area contributed by atoms with Gasteiger partial charge in [-0.1, -0.05) is 35.9 Å². The number of amides is 1. The molecule has 1 heterocycles. The molecule has 0 aliphatic rings. The van der Waals surface area contributed by atoms with Crippen LogP contribution in [0.15, 0.2) is 63.8 Å². The third kappa shape index (κ3) is 2.80. The minimum atomic E-state index is -0.673. The maximum Gasteiger partial charge on any atom is 0.349 e. The highest BCUT2D eigenvalue weighted by Crippen LogP contribution is 2.17. The molecule has 0 unspecified atom stereocenters. The molecule has 0 aliphatic carbocycles. The van der Waals surface area contributed by atoms with Crippen LogP contribution in [0.4, 0.5) is 5.69 Å². The first-order valence-electron chi connectivity index (χ1n) is 6.23. The van der Waals surface area contributed by atoms with Crippen molar-refractivity contribution in [3.8, 4) is 0 Å². The van der Waals surface area contributed by atoms with E-state index in [4.69, 9.17) is 16.0 Å². The quantitative estimate of drug-likeness (QED) is 0.734. The highest BCUT2D eigenvalue weighted by molar-refractivity contribution is 6.31. The molecule has 1 N–H and O–H groups in total. The van der Waals surface area contributed by atoms with Gasteiger partial charge in [-0.05, 0) is 30.3 Å². The number of halogens is 1. The predicted molar refractivity (Wildman–Crippen MR) is 81.9 cm³/mol. The smallest absolute Gasteiger partial charge is 0.349 e. The summed E-state index contributed by atoms with van der Waals surface area (Å²) in [6.07, 6.45) is 0. The van der Waals surface area contributed by atoms with E-state index in [1.807, 2.05) is 0 Å². The van der Waals surface area contributed by atoms with E-state index in [2.05, 4.69) is 5.32 Å². The van der Waals surface area contributed by atoms with Crippen molar-refractivity contribution < 1.29 is 9.21 Å². The normalized spacial score (nSPS) is 10.5. The Morgan fingerprint density at radius 3 is 2.67 bits per heavy atom. The van der Waals surface area contributed by atoms with E-state index in [0.717, 1.165) is 0 Å². The molecule has 4 nitrogen and oxygen atoms in total. The number of hydrogen-bond acceptors (Lipinski definition) is 3. The standard InChI is InChI=1S/C16H10ClNO3/c17-11-5-3-6-12(9-11)18-15(19)13-8-10-4-1-2-7-14(10)21-16(13)20/h1-9H,(H,18,19). The third-order valence-corrected chi connectivity index (χ3v) is 3.20. The van der Waals surface area contributed by atoms with Crippen LogP contribution in [0.2, 0.25) is 5.02 Å². The van der Waals surface area contributed by atoms with Crippen molar-refractivity contribution in [2.24, 2.45) is 0 Å². The molecule has 0 spiro atoms. The van der Waals surface area contributed by atoms with Crippen LogP contribution in [0.1, 0.15) is 10.4 Å². The summed E-state index contributed by atoms with van der Waals surface area (Å²) in [7, 11) is 0. The molecule has 0 radical (unpaired) electrons. The fourth-order valence-electron chi connectivity index (χ4n) is 1.98. The maximum absolute atomic E-state index is 12.2. The average molecular weight is 300 g/mol. The number of rotatable bonds is 2. The number of carbonyl (C=O) groups excluding carboxylic acids is 1. The largest absolute Gasteiger partial charge is 0.422 e. The molecule has 0 saturated carbocycles. The Morgan fingerprint density at radius 2 is 1.86 bits per heavy atom. The summed E-state index contributed by atoms with van der Waals surface area (Å²) in [5, 5.41) is 3.81. The van der Waals surface area contributed by atoms with Crippen LogP contribution < -0.4 is 10.9 Å². The maximum atomic E-state index is 12.2. The molecule has 0 aliphatic heterocycles. The van der Waals surface area contributed by atoms with Gasteiger partial charge in [0.1, 0.15) is 11.1 Å². The second-order valence-electron chi connectivity index (χ2n) is 4.45. The molecular formula is C16H10ClNO3. The Labute approximate surface area is 125 Å². The Morgan fingerprint density at radius 1 is 1.05 bits per heavy atom. The summed E-state index contributed by atoms with van der Waals surface area (Å²) in [6.45, 7) is 0. The molecule has 0 fully saturated rings. The Kier molecular flexibility index (Phi) is 3.46. The van der Waals surface area contributed by atoms with E-state index in [1.54, 1.807) is 48.5 Å². The van der Waals surface area contributed by atoms with Crippen molar-refractivity contribution in [2.75, 3.05) is 5.32 Å². The van der Waals surface area contributed by atoms with E-state index in [9.17, 15) is 9.59 Å². The van der Waals surface area contributed by atoms with Gasteiger partial charge in [-0.3, -0.25) is 4.79 Å². The van der Waals surface area contributed by atoms with Gasteiger partial charge < -0.3 is 9.73 Å². The predicted octanol–water partition coefficient (Wildman–Crippen LogP) is 3.70. The molecule has 0 saturated heterocycles. The van der Waals surface area contributed by atoms with Crippen LogP contribution in [0.5, 0.6) is 0 Å². The first-order valence-corrected chi connectivity index (χ1v) is 6.61. The number of carbonyl (C=O) groups is 1. The Hall–Kier alpha value is -2.59. The van der Waals surface area contributed by atoms with Gasteiger partial charge in [0, 0.05) is 16.1 Å². The SMILES string of the molecule is O=C(Nc1cccc(Cl)c1)c1cc2ccccc2oc1=O. The van der Waals surface area contributed by atoms with Crippen LogP contribution in [-0.4, -0.2) is 5.91 Å². The van der Waals surface area contributed by atoms with Crippen molar-refractivity contribution in [3.63, 3.8) is 0 Å². The highest BCUT2D eigenvalue weighted by Gasteiger charge is 2.13. The zero-order valence-electron chi connectivity index (χ0n) is 10.8. The Balaban J connectivity index is 1.98. The number of para-hydroxylation sites is 1. The molecule has 1 amide bonds. The molecule has 0 bridgehead atoms. The molecule has 3 aromatic rings. The fourth-order valence-corrected chi connectivity index (χ4v) is 2.18. The van der Waals surface area contributed by atoms with Gasteiger partial charge in [-0.2, -0.15) is 0 Å². The molecule has 104 valence electrons. The van der Waals surface area contributed by atoms with Gasteiger partial charge in [0.05, 0.1) is 0 Å². The molecule has 0 atom stereocenters. The van der Waals surface area contributed by atoms with E-state index >= 15 is 0 Å². The van der Waals surface area contributed by atoms with Gasteiger partial charge in [-0.15, -0.1) is 0 Å². The summed E-state index contributed by atoms with van der Waals surface area (Å²) in [6, 6.07) is 15.2. The van der Waals surface area contributed by atoms with Gasteiger partial charge in [0.15, 0.2) is 0 Å². The average Bonchev–Trinajstić information content (AvgIpc) is 2.46. The minimum absolute atomic E-state index is 0.0475. The number of anilines is 1. The third-order valence-electron chi connectivity index (χ3n) is 2.97. The van der Waals surface area contributed by atoms with Gasteiger partial charge in [-0.25, -0.2) is 4.79 Å². The first kappa shape index (κ1) is 13.4. The lowest BCUT2D eigenvalue weighted by molar-refractivity contribution is 0.102. The topological polar surface area (TPSA) is 59.3 Å². The number of fused-ring (bicyclic) bond motifs is 1. The second-order valence-corrected chi connectivity index (χ2v) is 4.89. The first-order chi connectivity index (χ1) is 10.1. The van der Waals surface area contributed by atoms with Gasteiger partial charge in [0.2, 0.25) is 0 Å². The van der Waals surface area contributed by atoms with E-state index in [1.165, 1.54) is 6.07 Å². The van der Waals surface area contributed by atoms with Crippen molar-refractivity contribution in [1.82, 2.24) is 0 Å². The summed E-state index contributed by atoms with van der Waals surface area (Å²) >= 11 is 5.85. The molecular weight excluding hydrogens is 290 g/mol. The molecule has 5 heteroatoms. The lowest BCUT2D eigenvalue weighted by Gasteiger charge is -2.05. The van der Waals surface area contributed by atoms with Crippen LogP contribution in [0.3, 0.4) is 0 Å². The van der Waals surface area contributed by atoms with Crippen LogP contribution in [0, 0.1) is 0 Å². The minimum Gasteiger partial charge on any atom is -0.422 e. The van der Waals surface area contributed by atoms with E-state index in [-0.39, 0.29) is 5.56 Å².